The van der Waals surface area contributed by atoms with Crippen LogP contribution in [0.5, 0.6) is 0 Å². The van der Waals surface area contributed by atoms with Crippen molar-refractivity contribution in [1.29, 1.82) is 0 Å². The summed E-state index contributed by atoms with van der Waals surface area (Å²) in [6.07, 6.45) is 6.99. The van der Waals surface area contributed by atoms with Crippen molar-refractivity contribution in [2.24, 2.45) is 5.92 Å². The van der Waals surface area contributed by atoms with Crippen molar-refractivity contribution in [3.05, 3.63) is 47.5 Å². The summed E-state index contributed by atoms with van der Waals surface area (Å²) < 4.78 is 0. The monoisotopic (exact) mass is 328 g/mol. The quantitative estimate of drug-likeness (QED) is 0.723. The van der Waals surface area contributed by atoms with Gasteiger partial charge in [0, 0.05) is 30.0 Å². The van der Waals surface area contributed by atoms with Crippen molar-refractivity contribution in [2.75, 3.05) is 0 Å². The van der Waals surface area contributed by atoms with E-state index < -0.39 is 0 Å². The summed E-state index contributed by atoms with van der Waals surface area (Å²) >= 11 is 0. The van der Waals surface area contributed by atoms with E-state index in [0.29, 0.717) is 12.0 Å². The van der Waals surface area contributed by atoms with Gasteiger partial charge >= 0.3 is 0 Å². The van der Waals surface area contributed by atoms with Gasteiger partial charge in [-0.15, -0.1) is 0 Å². The first kappa shape index (κ1) is 16.6. The van der Waals surface area contributed by atoms with Gasteiger partial charge in [-0.1, -0.05) is 19.4 Å². The molecule has 6 heteroatoms. The molecule has 1 aliphatic carbocycles. The molecule has 24 heavy (non-hydrogen) atoms. The zero-order chi connectivity index (χ0) is 16.9. The van der Waals surface area contributed by atoms with Gasteiger partial charge in [-0.3, -0.25) is 14.9 Å². The Hall–Kier alpha value is -2.21. The maximum absolute atomic E-state index is 12.7. The molecule has 2 aromatic heterocycles. The molecule has 1 fully saturated rings. The van der Waals surface area contributed by atoms with Crippen LogP contribution in [0.3, 0.4) is 0 Å². The lowest BCUT2D eigenvalue weighted by atomic mass is 9.76. The van der Waals surface area contributed by atoms with Crippen molar-refractivity contribution in [3.63, 3.8) is 0 Å². The van der Waals surface area contributed by atoms with Gasteiger partial charge < -0.3 is 10.4 Å². The van der Waals surface area contributed by atoms with Crippen molar-refractivity contribution in [1.82, 2.24) is 20.5 Å². The number of aromatic nitrogens is 3. The minimum Gasteiger partial charge on any atom is -0.393 e. The van der Waals surface area contributed by atoms with Crippen LogP contribution in [0.2, 0.25) is 0 Å². The Balaban J connectivity index is 1.71. The first-order valence-electron chi connectivity index (χ1n) is 8.58. The van der Waals surface area contributed by atoms with Gasteiger partial charge in [-0.05, 0) is 37.3 Å². The fraction of sp³-hybridized carbons (Fsp3) is 0.500. The number of amides is 1. The highest BCUT2D eigenvalue weighted by atomic mass is 16.3. The van der Waals surface area contributed by atoms with Crippen LogP contribution in [0.4, 0.5) is 0 Å². The molecule has 1 amide bonds. The molecule has 0 bridgehead atoms. The number of carbonyl (C=O) groups excluding carboxylic acids is 1. The summed E-state index contributed by atoms with van der Waals surface area (Å²) in [5, 5.41) is 19.7. The lowest BCUT2D eigenvalue weighted by molar-refractivity contribution is 0.0237. The summed E-state index contributed by atoms with van der Waals surface area (Å²) in [5.41, 5.74) is 2.44. The van der Waals surface area contributed by atoms with E-state index in [0.717, 1.165) is 37.1 Å². The highest BCUT2D eigenvalue weighted by Crippen LogP contribution is 2.31. The summed E-state index contributed by atoms with van der Waals surface area (Å²) in [5.74, 6) is 0.182. The Labute approximate surface area is 141 Å². The maximum Gasteiger partial charge on any atom is 0.254 e. The zero-order valence-corrected chi connectivity index (χ0v) is 13.9. The molecule has 2 aromatic rings. The number of aryl methyl sites for hydroxylation is 1. The molecular weight excluding hydrogens is 304 g/mol. The Kier molecular flexibility index (Phi) is 5.25. The predicted molar refractivity (Wildman–Crippen MR) is 90.5 cm³/mol. The molecule has 1 aliphatic rings. The van der Waals surface area contributed by atoms with Crippen LogP contribution in [-0.2, 0) is 12.8 Å². The molecule has 0 unspecified atom stereocenters. The molecule has 3 rings (SSSR count). The fourth-order valence-corrected chi connectivity index (χ4v) is 3.23. The van der Waals surface area contributed by atoms with E-state index >= 15 is 0 Å². The smallest absolute Gasteiger partial charge is 0.254 e. The predicted octanol–water partition coefficient (Wildman–Crippen LogP) is 1.87. The third-order valence-corrected chi connectivity index (χ3v) is 4.65. The molecule has 1 atom stereocenters. The van der Waals surface area contributed by atoms with Crippen LogP contribution in [0, 0.1) is 5.92 Å². The van der Waals surface area contributed by atoms with E-state index in [2.05, 4.69) is 27.4 Å². The van der Waals surface area contributed by atoms with E-state index in [4.69, 9.17) is 0 Å². The minimum atomic E-state index is -0.247. The average Bonchev–Trinajstić information content (AvgIpc) is 3.01. The van der Waals surface area contributed by atoms with Crippen molar-refractivity contribution in [2.45, 2.75) is 51.2 Å². The maximum atomic E-state index is 12.7. The number of aromatic amines is 1. The normalized spacial score (nSPS) is 21.1. The number of carbonyl (C=O) groups is 1. The summed E-state index contributed by atoms with van der Waals surface area (Å²) in [7, 11) is 0. The zero-order valence-electron chi connectivity index (χ0n) is 13.9. The number of aliphatic hydroxyl groups is 1. The van der Waals surface area contributed by atoms with Gasteiger partial charge in [0.25, 0.3) is 5.91 Å². The Bertz CT molecular complexity index is 665. The topological polar surface area (TPSA) is 90.9 Å². The molecule has 0 aliphatic heterocycles. The largest absolute Gasteiger partial charge is 0.393 e. The van der Waals surface area contributed by atoms with Gasteiger partial charge in [-0.25, -0.2) is 0 Å². The number of pyridine rings is 1. The third-order valence-electron chi connectivity index (χ3n) is 4.65. The fourth-order valence-electron chi connectivity index (χ4n) is 3.23. The van der Waals surface area contributed by atoms with Crippen LogP contribution in [-0.4, -0.2) is 38.3 Å². The van der Waals surface area contributed by atoms with Gasteiger partial charge in [0.15, 0.2) is 0 Å². The second-order valence-corrected chi connectivity index (χ2v) is 6.50. The molecule has 0 radical (unpaired) electrons. The van der Waals surface area contributed by atoms with Crippen LogP contribution >= 0.6 is 0 Å². The highest BCUT2D eigenvalue weighted by molar-refractivity contribution is 5.95. The third kappa shape index (κ3) is 3.82. The summed E-state index contributed by atoms with van der Waals surface area (Å²) in [6.45, 7) is 2.07. The first-order chi connectivity index (χ1) is 11.7. The lowest BCUT2D eigenvalue weighted by Gasteiger charge is -2.38. The number of hydrogen-bond donors (Lipinski definition) is 3. The van der Waals surface area contributed by atoms with E-state index in [9.17, 15) is 9.90 Å². The molecule has 0 saturated heterocycles. The van der Waals surface area contributed by atoms with Crippen LogP contribution in [0.25, 0.3) is 0 Å². The number of nitrogens with zero attached hydrogens (tertiary/aromatic N) is 2. The highest BCUT2D eigenvalue weighted by Gasteiger charge is 2.35. The average molecular weight is 328 g/mol. The van der Waals surface area contributed by atoms with Gasteiger partial charge in [0.05, 0.1) is 17.9 Å². The van der Waals surface area contributed by atoms with Crippen molar-refractivity contribution < 1.29 is 9.90 Å². The van der Waals surface area contributed by atoms with E-state index in [1.54, 1.807) is 12.4 Å². The molecule has 128 valence electrons. The first-order valence-corrected chi connectivity index (χ1v) is 8.58. The Morgan fingerprint density at radius 2 is 2.29 bits per heavy atom. The molecule has 1 saturated carbocycles. The summed E-state index contributed by atoms with van der Waals surface area (Å²) in [6, 6.07) is 5.77. The number of rotatable bonds is 7. The van der Waals surface area contributed by atoms with Gasteiger partial charge in [0.1, 0.15) is 0 Å². The second kappa shape index (κ2) is 7.57. The summed E-state index contributed by atoms with van der Waals surface area (Å²) in [4.78, 5) is 17.0. The second-order valence-electron chi connectivity index (χ2n) is 6.50. The molecule has 0 spiro atoms. The number of aliphatic hydroxyl groups excluding tert-OH is 1. The number of hydrogen-bond acceptors (Lipinski definition) is 4. The van der Waals surface area contributed by atoms with E-state index in [-0.39, 0.29) is 24.0 Å². The molecule has 6 nitrogen and oxygen atoms in total. The Morgan fingerprint density at radius 3 is 2.96 bits per heavy atom. The minimum absolute atomic E-state index is 0.0276. The van der Waals surface area contributed by atoms with Crippen LogP contribution in [0.1, 0.15) is 47.9 Å². The standard InChI is InChI=1S/C18H24N4O2/c1-2-5-16-15(11-20-22-16)18(24)21-17(12-8-14(23)9-12)10-13-6-3-4-7-19-13/h3-4,6-7,11-12,14,17,23H,2,5,8-10H2,1H3,(H,20,22)(H,21,24)/t12?,14?,17-/m1/s1. The Morgan fingerprint density at radius 1 is 1.46 bits per heavy atom. The van der Waals surface area contributed by atoms with Gasteiger partial charge in [0.2, 0.25) is 0 Å². The number of nitrogens with one attached hydrogen (secondary N) is 2. The van der Waals surface area contributed by atoms with Crippen molar-refractivity contribution in [3.8, 4) is 0 Å². The van der Waals surface area contributed by atoms with Crippen molar-refractivity contribution >= 4 is 5.91 Å². The molecule has 3 N–H and O–H groups in total. The van der Waals surface area contributed by atoms with E-state index in [1.807, 2.05) is 18.2 Å². The molecule has 2 heterocycles. The molecule has 0 aromatic carbocycles. The SMILES string of the molecule is CCCc1[nH]ncc1C(=O)N[C@H](Cc1ccccn1)C1CC(O)C1. The van der Waals surface area contributed by atoms with E-state index in [1.165, 1.54) is 0 Å². The number of H-pyrrole nitrogens is 1. The molecular formula is C18H24N4O2. The lowest BCUT2D eigenvalue weighted by Crippen LogP contribution is -2.48. The van der Waals surface area contributed by atoms with Crippen LogP contribution in [0.15, 0.2) is 30.6 Å². The van der Waals surface area contributed by atoms with Crippen LogP contribution < -0.4 is 5.32 Å². The van der Waals surface area contributed by atoms with Gasteiger partial charge in [-0.2, -0.15) is 5.10 Å².